The van der Waals surface area contributed by atoms with Gasteiger partial charge in [-0.1, -0.05) is 117 Å². The van der Waals surface area contributed by atoms with Crippen molar-refractivity contribution in [3.63, 3.8) is 0 Å². The molecule has 3 nitrogen and oxygen atoms in total. The summed E-state index contributed by atoms with van der Waals surface area (Å²) in [6, 6.07) is 0. The summed E-state index contributed by atoms with van der Waals surface area (Å²) in [4.78, 5) is 11.9. The molecule has 0 aliphatic heterocycles. The van der Waals surface area contributed by atoms with Gasteiger partial charge in [0, 0.05) is 6.42 Å². The Morgan fingerprint density at radius 3 is 1.52 bits per heavy atom. The quantitative estimate of drug-likeness (QED) is 0.125. The molecule has 0 aliphatic carbocycles. The Balaban J connectivity index is 3.25. The first-order chi connectivity index (χ1) is 14.2. The van der Waals surface area contributed by atoms with Crippen molar-refractivity contribution in [3.05, 3.63) is 0 Å². The van der Waals surface area contributed by atoms with E-state index >= 15 is 0 Å². The topological polar surface area (TPSA) is 46.2 Å². The van der Waals surface area contributed by atoms with Crippen LogP contribution in [0.1, 0.15) is 142 Å². The van der Waals surface area contributed by atoms with E-state index in [0.29, 0.717) is 18.9 Å². The van der Waals surface area contributed by atoms with Gasteiger partial charge in [-0.05, 0) is 25.2 Å². The third kappa shape index (κ3) is 21.9. The van der Waals surface area contributed by atoms with Gasteiger partial charge in [-0.3, -0.25) is 4.79 Å². The van der Waals surface area contributed by atoms with Crippen LogP contribution in [0.25, 0.3) is 0 Å². The van der Waals surface area contributed by atoms with Gasteiger partial charge in [0.15, 0.2) is 0 Å². The van der Waals surface area contributed by atoms with E-state index in [-0.39, 0.29) is 12.6 Å². The van der Waals surface area contributed by atoms with Crippen LogP contribution in [0.3, 0.4) is 0 Å². The molecular weight excluding hydrogens is 360 g/mol. The summed E-state index contributed by atoms with van der Waals surface area (Å²) in [7, 11) is 0. The zero-order valence-electron chi connectivity index (χ0n) is 19.9. The lowest BCUT2D eigenvalue weighted by atomic mass is 10.0. The summed E-state index contributed by atoms with van der Waals surface area (Å²) >= 11 is 0. The summed E-state index contributed by atoms with van der Waals surface area (Å²) in [5.41, 5.74) is 0. The van der Waals surface area contributed by atoms with Crippen molar-refractivity contribution >= 4 is 5.97 Å². The minimum Gasteiger partial charge on any atom is -0.465 e. The summed E-state index contributed by atoms with van der Waals surface area (Å²) in [6.45, 7) is 5.12. The lowest BCUT2D eigenvalue weighted by molar-refractivity contribution is -0.145. The number of carbonyl (C=O) groups is 1. The Morgan fingerprint density at radius 2 is 1.10 bits per heavy atom. The van der Waals surface area contributed by atoms with Crippen molar-refractivity contribution in [3.8, 4) is 0 Å². The first-order valence-corrected chi connectivity index (χ1v) is 13.0. The van der Waals surface area contributed by atoms with Crippen LogP contribution in [0.4, 0.5) is 0 Å². The molecule has 0 rings (SSSR count). The summed E-state index contributed by atoms with van der Waals surface area (Å²) < 4.78 is 5.46. The highest BCUT2D eigenvalue weighted by Gasteiger charge is 2.09. The standard InChI is InChI=1S/C26H51O3/c1-3-5-21-25(4-2)24-29-26(28)22-19-17-15-13-11-9-7-6-8-10-12-14-16-18-20-23-27/h25H,3-24H2,1-2H3. The van der Waals surface area contributed by atoms with Crippen LogP contribution in [-0.4, -0.2) is 19.2 Å². The maximum atomic E-state index is 11.9. The molecule has 0 amide bonds. The second-order valence-corrected chi connectivity index (χ2v) is 8.86. The molecule has 1 atom stereocenters. The zero-order chi connectivity index (χ0) is 21.4. The Morgan fingerprint density at radius 1 is 0.655 bits per heavy atom. The van der Waals surface area contributed by atoms with Crippen molar-refractivity contribution in [2.45, 2.75) is 142 Å². The monoisotopic (exact) mass is 411 g/mol. The van der Waals surface area contributed by atoms with Crippen LogP contribution in [0.2, 0.25) is 0 Å². The van der Waals surface area contributed by atoms with Crippen molar-refractivity contribution in [1.82, 2.24) is 0 Å². The van der Waals surface area contributed by atoms with E-state index in [4.69, 9.17) is 4.74 Å². The maximum Gasteiger partial charge on any atom is 0.305 e. The predicted octanol–water partition coefficient (Wildman–Crippen LogP) is 8.42. The molecule has 1 radical (unpaired) electrons. The van der Waals surface area contributed by atoms with Gasteiger partial charge in [0.05, 0.1) is 13.2 Å². The van der Waals surface area contributed by atoms with E-state index in [1.165, 1.54) is 89.9 Å². The smallest absolute Gasteiger partial charge is 0.305 e. The highest BCUT2D eigenvalue weighted by molar-refractivity contribution is 5.69. The molecule has 29 heavy (non-hydrogen) atoms. The minimum absolute atomic E-state index is 0.00496. The molecule has 3 heteroatoms. The van der Waals surface area contributed by atoms with Gasteiger partial charge in [-0.15, -0.1) is 0 Å². The molecule has 0 heterocycles. The molecule has 1 unspecified atom stereocenters. The average molecular weight is 412 g/mol. The fourth-order valence-electron chi connectivity index (χ4n) is 3.85. The summed E-state index contributed by atoms with van der Waals surface area (Å²) in [6.07, 6.45) is 24.2. The second-order valence-electron chi connectivity index (χ2n) is 8.86. The predicted molar refractivity (Wildman–Crippen MR) is 124 cm³/mol. The summed E-state index contributed by atoms with van der Waals surface area (Å²) in [5, 5.41) is 10.4. The molecular formula is C26H51O3. The van der Waals surface area contributed by atoms with Crippen LogP contribution in [0.15, 0.2) is 0 Å². The minimum atomic E-state index is 0.00496. The Hall–Kier alpha value is -0.570. The van der Waals surface area contributed by atoms with Gasteiger partial charge in [0.1, 0.15) is 0 Å². The van der Waals surface area contributed by atoms with Crippen LogP contribution in [-0.2, 0) is 14.6 Å². The number of rotatable bonds is 23. The molecule has 0 N–H and O–H groups in total. The molecule has 0 aromatic heterocycles. The zero-order valence-corrected chi connectivity index (χ0v) is 19.9. The van der Waals surface area contributed by atoms with Gasteiger partial charge in [-0.25, -0.2) is 5.11 Å². The number of ether oxygens (including phenoxy) is 1. The lowest BCUT2D eigenvalue weighted by Crippen LogP contribution is -2.13. The molecule has 0 spiro atoms. The van der Waals surface area contributed by atoms with Gasteiger partial charge in [0.25, 0.3) is 0 Å². The van der Waals surface area contributed by atoms with Gasteiger partial charge < -0.3 is 4.74 Å². The third-order valence-electron chi connectivity index (χ3n) is 6.05. The van der Waals surface area contributed by atoms with Crippen molar-refractivity contribution in [1.29, 1.82) is 0 Å². The van der Waals surface area contributed by atoms with Crippen molar-refractivity contribution in [2.75, 3.05) is 13.2 Å². The number of unbranched alkanes of at least 4 members (excludes halogenated alkanes) is 15. The Bertz CT molecular complexity index is 330. The number of hydrogen-bond acceptors (Lipinski definition) is 2. The fraction of sp³-hybridized carbons (Fsp3) is 0.962. The van der Waals surface area contributed by atoms with Gasteiger partial charge >= 0.3 is 5.97 Å². The SMILES string of the molecule is CCCCC(CC)COC(=O)CCCCCCCCCCCCCCCCC[O]. The van der Waals surface area contributed by atoms with Crippen molar-refractivity contribution in [2.24, 2.45) is 5.92 Å². The average Bonchev–Trinajstić information content (AvgIpc) is 2.73. The molecule has 173 valence electrons. The number of hydrogen-bond donors (Lipinski definition) is 0. The first kappa shape index (κ1) is 28.4. The number of carbonyl (C=O) groups excluding carboxylic acids is 1. The van der Waals surface area contributed by atoms with Crippen LogP contribution in [0.5, 0.6) is 0 Å². The maximum absolute atomic E-state index is 11.9. The fourth-order valence-corrected chi connectivity index (χ4v) is 3.85. The van der Waals surface area contributed by atoms with Crippen LogP contribution < -0.4 is 0 Å². The highest BCUT2D eigenvalue weighted by Crippen LogP contribution is 2.15. The van der Waals surface area contributed by atoms with E-state index in [1.54, 1.807) is 0 Å². The normalized spacial score (nSPS) is 12.2. The van der Waals surface area contributed by atoms with Crippen LogP contribution >= 0.6 is 0 Å². The molecule has 0 saturated heterocycles. The first-order valence-electron chi connectivity index (χ1n) is 13.0. The molecule has 0 aromatic carbocycles. The molecule has 0 aliphatic rings. The highest BCUT2D eigenvalue weighted by atomic mass is 16.5. The molecule has 0 bridgehead atoms. The van der Waals surface area contributed by atoms with E-state index in [2.05, 4.69) is 13.8 Å². The summed E-state index contributed by atoms with van der Waals surface area (Å²) in [5.74, 6) is 0.555. The van der Waals surface area contributed by atoms with E-state index in [0.717, 1.165) is 32.1 Å². The Kier molecular flexibility index (Phi) is 23.2. The number of esters is 1. The second kappa shape index (κ2) is 23.7. The molecule has 0 aromatic rings. The van der Waals surface area contributed by atoms with Crippen LogP contribution in [0, 0.1) is 5.92 Å². The van der Waals surface area contributed by atoms with E-state index in [9.17, 15) is 9.90 Å². The largest absolute Gasteiger partial charge is 0.465 e. The van der Waals surface area contributed by atoms with Gasteiger partial charge in [0.2, 0.25) is 0 Å². The van der Waals surface area contributed by atoms with E-state index in [1.807, 2.05) is 0 Å². The molecule has 0 fully saturated rings. The molecule has 0 saturated carbocycles. The van der Waals surface area contributed by atoms with Crippen molar-refractivity contribution < 1.29 is 14.6 Å². The third-order valence-corrected chi connectivity index (χ3v) is 6.05. The Labute approximate surface area is 182 Å². The lowest BCUT2D eigenvalue weighted by Gasteiger charge is -2.14. The van der Waals surface area contributed by atoms with Gasteiger partial charge in [-0.2, -0.15) is 0 Å². The van der Waals surface area contributed by atoms with E-state index < -0.39 is 0 Å².